The van der Waals surface area contributed by atoms with Crippen molar-refractivity contribution in [1.29, 1.82) is 0 Å². The SMILES string of the molecule is CC1(C)c2ccc(CN(CC(=O)F)CC(=O)F)cc2NC12C=Nc1c(c(CN(CC(=O)F)CC(=O)F)cc3ccccc13)O2. The lowest BCUT2D eigenvalue weighted by Crippen LogP contribution is -2.56. The first-order valence-corrected chi connectivity index (χ1v) is 13.7. The number of nitrogens with one attached hydrogen (secondary N) is 1. The summed E-state index contributed by atoms with van der Waals surface area (Å²) < 4.78 is 59.6. The molecule has 1 unspecified atom stereocenters. The molecular weight excluding hydrogens is 584 g/mol. The zero-order valence-electron chi connectivity index (χ0n) is 23.8. The molecule has 9 nitrogen and oxygen atoms in total. The highest BCUT2D eigenvalue weighted by atomic mass is 19.1. The van der Waals surface area contributed by atoms with Gasteiger partial charge in [0.15, 0.2) is 5.75 Å². The van der Waals surface area contributed by atoms with E-state index in [0.29, 0.717) is 22.5 Å². The van der Waals surface area contributed by atoms with Crippen LogP contribution in [-0.4, -0.2) is 72.1 Å². The Labute approximate surface area is 249 Å². The van der Waals surface area contributed by atoms with Crippen LogP contribution in [0.5, 0.6) is 5.75 Å². The lowest BCUT2D eigenvalue weighted by molar-refractivity contribution is -0.135. The van der Waals surface area contributed by atoms with Crippen molar-refractivity contribution in [2.75, 3.05) is 31.5 Å². The molecule has 0 saturated heterocycles. The van der Waals surface area contributed by atoms with E-state index >= 15 is 0 Å². The van der Waals surface area contributed by atoms with E-state index in [-0.39, 0.29) is 18.8 Å². The summed E-state index contributed by atoms with van der Waals surface area (Å²) >= 11 is 0. The van der Waals surface area contributed by atoms with E-state index in [4.69, 9.17) is 9.73 Å². The first-order chi connectivity index (χ1) is 20.8. The highest BCUT2D eigenvalue weighted by molar-refractivity contribution is 6.00. The van der Waals surface area contributed by atoms with E-state index in [0.717, 1.165) is 26.1 Å². The Kier molecular flexibility index (Phi) is 8.36. The van der Waals surface area contributed by atoms with Gasteiger partial charge >= 0.3 is 24.1 Å². The van der Waals surface area contributed by atoms with Gasteiger partial charge in [-0.25, -0.2) is 0 Å². The average Bonchev–Trinajstić information content (AvgIpc) is 3.12. The number of fused-ring (bicyclic) bond motifs is 4. The van der Waals surface area contributed by atoms with Crippen molar-refractivity contribution in [3.63, 3.8) is 0 Å². The Bertz CT molecular complexity index is 1680. The maximum atomic E-state index is 13.4. The molecule has 2 aliphatic rings. The largest absolute Gasteiger partial charge is 0.459 e. The molecule has 0 aliphatic carbocycles. The zero-order chi connectivity index (χ0) is 31.8. The maximum absolute atomic E-state index is 13.4. The van der Waals surface area contributed by atoms with Crippen LogP contribution < -0.4 is 10.1 Å². The van der Waals surface area contributed by atoms with Gasteiger partial charge in [-0.05, 0) is 42.5 Å². The molecule has 0 aromatic heterocycles. The molecule has 0 bridgehead atoms. The molecule has 2 heterocycles. The molecule has 13 heteroatoms. The van der Waals surface area contributed by atoms with Crippen molar-refractivity contribution in [1.82, 2.24) is 9.80 Å². The fourth-order valence-corrected chi connectivity index (χ4v) is 5.85. The summed E-state index contributed by atoms with van der Waals surface area (Å²) in [6.45, 7) is 0.432. The molecule has 0 fully saturated rings. The van der Waals surface area contributed by atoms with Crippen molar-refractivity contribution in [2.45, 2.75) is 38.1 Å². The highest BCUT2D eigenvalue weighted by Gasteiger charge is 2.55. The molecule has 3 aromatic rings. The number of hydrogen-bond donors (Lipinski definition) is 1. The minimum absolute atomic E-state index is 0.0853. The zero-order valence-corrected chi connectivity index (χ0v) is 23.8. The van der Waals surface area contributed by atoms with Crippen LogP contribution in [-0.2, 0) is 37.7 Å². The Hall–Kier alpha value is -4.49. The van der Waals surface area contributed by atoms with Gasteiger partial charge in [0.2, 0.25) is 5.72 Å². The Balaban J connectivity index is 1.52. The summed E-state index contributed by atoms with van der Waals surface area (Å²) in [6.07, 6.45) is 1.62. The molecule has 44 heavy (non-hydrogen) atoms. The van der Waals surface area contributed by atoms with Crippen LogP contribution >= 0.6 is 0 Å². The van der Waals surface area contributed by atoms with Crippen molar-refractivity contribution in [3.05, 3.63) is 65.2 Å². The number of nitrogens with zero attached hydrogens (tertiary/aromatic N) is 3. The van der Waals surface area contributed by atoms with Gasteiger partial charge in [-0.2, -0.15) is 17.6 Å². The first kappa shape index (κ1) is 31.0. The number of aliphatic imine (C=N–C) groups is 1. The third kappa shape index (κ3) is 6.10. The van der Waals surface area contributed by atoms with Gasteiger partial charge in [-0.3, -0.25) is 34.0 Å². The average molecular weight is 613 g/mol. The summed E-state index contributed by atoms with van der Waals surface area (Å²) in [5.74, 6) is 0.288. The fraction of sp³-hybridized carbons (Fsp3) is 0.323. The number of rotatable bonds is 12. The van der Waals surface area contributed by atoms with Crippen LogP contribution in [0.2, 0.25) is 0 Å². The number of benzene rings is 3. The van der Waals surface area contributed by atoms with Crippen molar-refractivity contribution in [2.24, 2.45) is 4.99 Å². The number of hydrogen-bond acceptors (Lipinski definition) is 9. The molecular formula is C31H28F4N4O5. The molecule has 0 saturated carbocycles. The molecule has 3 aromatic carbocycles. The summed E-state index contributed by atoms with van der Waals surface area (Å²) in [5.41, 5.74) is 0.814. The lowest BCUT2D eigenvalue weighted by Gasteiger charge is -2.41. The van der Waals surface area contributed by atoms with Crippen LogP contribution in [0, 0.1) is 0 Å². The number of ether oxygens (including phenoxy) is 1. The normalized spacial score (nSPS) is 17.8. The van der Waals surface area contributed by atoms with E-state index in [9.17, 15) is 36.7 Å². The third-order valence-corrected chi connectivity index (χ3v) is 7.89. The van der Waals surface area contributed by atoms with Gasteiger partial charge in [0.05, 0.1) is 37.8 Å². The van der Waals surface area contributed by atoms with Crippen LogP contribution in [0.4, 0.5) is 28.9 Å². The second-order valence-electron chi connectivity index (χ2n) is 11.4. The van der Waals surface area contributed by atoms with Gasteiger partial charge in [0, 0.05) is 29.7 Å². The molecule has 230 valence electrons. The van der Waals surface area contributed by atoms with Crippen LogP contribution in [0.25, 0.3) is 10.8 Å². The second-order valence-corrected chi connectivity index (χ2v) is 11.4. The number of anilines is 1. The van der Waals surface area contributed by atoms with Crippen LogP contribution in [0.1, 0.15) is 30.5 Å². The first-order valence-electron chi connectivity index (χ1n) is 13.7. The Morgan fingerprint density at radius 2 is 1.41 bits per heavy atom. The molecule has 0 radical (unpaired) electrons. The molecule has 1 spiro atoms. The molecule has 1 N–H and O–H groups in total. The molecule has 0 amide bonds. The van der Waals surface area contributed by atoms with E-state index in [1.165, 1.54) is 0 Å². The van der Waals surface area contributed by atoms with Gasteiger partial charge in [-0.1, -0.05) is 36.4 Å². The van der Waals surface area contributed by atoms with E-state index in [1.807, 2.05) is 38.1 Å². The van der Waals surface area contributed by atoms with Crippen LogP contribution in [0.15, 0.2) is 53.5 Å². The maximum Gasteiger partial charge on any atom is 0.315 e. The quantitative estimate of drug-likeness (QED) is 0.233. The number of carbonyl (C=O) groups is 4. The van der Waals surface area contributed by atoms with Gasteiger partial charge in [-0.15, -0.1) is 0 Å². The minimum atomic E-state index is -1.73. The Morgan fingerprint density at radius 1 is 0.818 bits per heavy atom. The number of carbonyl (C=O) groups excluding carboxylic acids is 4. The fourth-order valence-electron chi connectivity index (χ4n) is 5.85. The summed E-state index contributed by atoms with van der Waals surface area (Å²) in [5, 5.41) is 4.85. The summed E-state index contributed by atoms with van der Waals surface area (Å²) in [6, 6.07) is 7.42. The summed E-state index contributed by atoms with van der Waals surface area (Å²) in [4.78, 5) is 51.4. The topological polar surface area (TPSA) is 108 Å². The molecule has 1 atom stereocenters. The number of halogens is 4. The molecule has 2 aliphatic heterocycles. The predicted molar refractivity (Wildman–Crippen MR) is 154 cm³/mol. The van der Waals surface area contributed by atoms with E-state index in [2.05, 4.69) is 5.32 Å². The summed E-state index contributed by atoms with van der Waals surface area (Å²) in [7, 11) is 0. The molecule has 5 rings (SSSR count). The highest BCUT2D eigenvalue weighted by Crippen LogP contribution is 2.52. The predicted octanol–water partition coefficient (Wildman–Crippen LogP) is 4.62. The minimum Gasteiger partial charge on any atom is -0.459 e. The van der Waals surface area contributed by atoms with E-state index < -0.39 is 61.5 Å². The lowest BCUT2D eigenvalue weighted by atomic mass is 9.77. The van der Waals surface area contributed by atoms with Crippen LogP contribution in [0.3, 0.4) is 0 Å². The van der Waals surface area contributed by atoms with Gasteiger partial charge in [0.25, 0.3) is 0 Å². The third-order valence-electron chi connectivity index (χ3n) is 7.89. The van der Waals surface area contributed by atoms with Crippen molar-refractivity contribution in [3.8, 4) is 5.75 Å². The smallest absolute Gasteiger partial charge is 0.315 e. The second kappa shape index (κ2) is 11.9. The Morgan fingerprint density at radius 3 is 2.02 bits per heavy atom. The van der Waals surface area contributed by atoms with Gasteiger partial charge in [0.1, 0.15) is 5.69 Å². The monoisotopic (exact) mass is 612 g/mol. The van der Waals surface area contributed by atoms with E-state index in [1.54, 1.807) is 30.5 Å². The van der Waals surface area contributed by atoms with Crippen molar-refractivity contribution < 1.29 is 41.5 Å². The standard InChI is InChI=1S/C31H28F4N4O5/c1-30(2)22-8-7-18(11-38(13-24(32)40)14-25(33)41)9-23(22)37-31(30)17-36-28-21-6-4-3-5-19(21)10-20(29(28)44-31)12-39(15-26(34)42)16-27(35)43/h3-10,17,37H,11-16H2,1-2H3. The van der Waals surface area contributed by atoms with Gasteiger partial charge < -0.3 is 10.1 Å². The van der Waals surface area contributed by atoms with Crippen molar-refractivity contribution >= 4 is 52.5 Å².